The second kappa shape index (κ2) is 6.43. The molecule has 0 saturated heterocycles. The number of amides is 1. The van der Waals surface area contributed by atoms with Gasteiger partial charge in [-0.05, 0) is 19.9 Å². The first-order chi connectivity index (χ1) is 10.1. The number of para-hydroxylation sites is 1. The number of aromatic amines is 1. The number of ether oxygens (including phenoxy) is 1. The summed E-state index contributed by atoms with van der Waals surface area (Å²) in [5.74, 6) is -0.367. The molecule has 0 fully saturated rings. The molecule has 0 atom stereocenters. The Morgan fingerprint density at radius 2 is 2.00 bits per heavy atom. The van der Waals surface area contributed by atoms with Crippen LogP contribution in [0.1, 0.15) is 29.4 Å². The van der Waals surface area contributed by atoms with Crippen LogP contribution in [0, 0.1) is 6.92 Å². The number of carbonyl (C=O) groups is 2. The largest absolute Gasteiger partial charge is 0.469 e. The molecule has 2 rings (SSSR count). The lowest BCUT2D eigenvalue weighted by molar-refractivity contribution is -0.140. The van der Waals surface area contributed by atoms with E-state index in [4.69, 9.17) is 0 Å². The molecule has 0 radical (unpaired) electrons. The van der Waals surface area contributed by atoms with Gasteiger partial charge in [0.2, 0.25) is 0 Å². The zero-order valence-electron chi connectivity index (χ0n) is 12.6. The number of nitrogens with zero attached hydrogens (tertiary/aromatic N) is 1. The first-order valence-electron chi connectivity index (χ1n) is 7.01. The lowest BCUT2D eigenvalue weighted by Crippen LogP contribution is -2.33. The number of fused-ring (bicyclic) bond motifs is 1. The molecule has 1 amide bonds. The molecule has 0 saturated carbocycles. The monoisotopic (exact) mass is 288 g/mol. The summed E-state index contributed by atoms with van der Waals surface area (Å²) in [5, 5.41) is 0.913. The van der Waals surface area contributed by atoms with Crippen LogP contribution in [-0.2, 0) is 9.53 Å². The highest BCUT2D eigenvalue weighted by Crippen LogP contribution is 2.23. The average Bonchev–Trinajstić information content (AvgIpc) is 2.82. The Bertz CT molecular complexity index is 661. The van der Waals surface area contributed by atoms with Crippen LogP contribution in [0.2, 0.25) is 0 Å². The summed E-state index contributed by atoms with van der Waals surface area (Å²) >= 11 is 0. The lowest BCUT2D eigenvalue weighted by atomic mass is 10.1. The summed E-state index contributed by atoms with van der Waals surface area (Å²) in [4.78, 5) is 28.9. The number of nitrogens with one attached hydrogen (secondary N) is 1. The van der Waals surface area contributed by atoms with Gasteiger partial charge >= 0.3 is 5.97 Å². The Morgan fingerprint density at radius 1 is 1.29 bits per heavy atom. The molecule has 1 N–H and O–H groups in total. The first-order valence-corrected chi connectivity index (χ1v) is 7.01. The highest BCUT2D eigenvalue weighted by atomic mass is 16.5. The van der Waals surface area contributed by atoms with Crippen LogP contribution in [0.4, 0.5) is 0 Å². The van der Waals surface area contributed by atoms with Gasteiger partial charge in [-0.3, -0.25) is 9.59 Å². The minimum Gasteiger partial charge on any atom is -0.469 e. The molecule has 5 heteroatoms. The van der Waals surface area contributed by atoms with E-state index in [1.807, 2.05) is 38.1 Å². The van der Waals surface area contributed by atoms with Crippen molar-refractivity contribution in [2.75, 3.05) is 20.2 Å². The van der Waals surface area contributed by atoms with Crippen molar-refractivity contribution in [2.45, 2.75) is 20.3 Å². The Kier molecular flexibility index (Phi) is 4.62. The zero-order valence-corrected chi connectivity index (χ0v) is 12.6. The maximum atomic E-state index is 12.7. The molecular weight excluding hydrogens is 268 g/mol. The molecule has 2 aromatic rings. The summed E-state index contributed by atoms with van der Waals surface area (Å²) in [6.07, 6.45) is 0.206. The van der Waals surface area contributed by atoms with E-state index in [2.05, 4.69) is 9.72 Å². The predicted molar refractivity (Wildman–Crippen MR) is 81.2 cm³/mol. The molecular formula is C16H20N2O3. The van der Waals surface area contributed by atoms with E-state index in [9.17, 15) is 9.59 Å². The fourth-order valence-electron chi connectivity index (χ4n) is 2.44. The highest BCUT2D eigenvalue weighted by Gasteiger charge is 2.21. The zero-order chi connectivity index (χ0) is 15.4. The molecule has 0 bridgehead atoms. The van der Waals surface area contributed by atoms with Gasteiger partial charge in [-0.15, -0.1) is 0 Å². The van der Waals surface area contributed by atoms with Crippen LogP contribution in [-0.4, -0.2) is 42.0 Å². The van der Waals surface area contributed by atoms with Gasteiger partial charge in [0.15, 0.2) is 0 Å². The van der Waals surface area contributed by atoms with Gasteiger partial charge in [-0.2, -0.15) is 0 Å². The number of aromatic nitrogens is 1. The van der Waals surface area contributed by atoms with E-state index in [1.54, 1.807) is 4.90 Å². The predicted octanol–water partition coefficient (Wildman–Crippen LogP) is 2.50. The van der Waals surface area contributed by atoms with Gasteiger partial charge in [0.05, 0.1) is 19.1 Å². The third-order valence-electron chi connectivity index (χ3n) is 3.59. The van der Waals surface area contributed by atoms with Crippen molar-refractivity contribution in [3.63, 3.8) is 0 Å². The number of rotatable bonds is 5. The minimum atomic E-state index is -0.308. The maximum absolute atomic E-state index is 12.7. The summed E-state index contributed by atoms with van der Waals surface area (Å²) in [6.45, 7) is 4.70. The Balaban J connectivity index is 2.27. The van der Waals surface area contributed by atoms with Crippen molar-refractivity contribution in [2.24, 2.45) is 0 Å². The summed E-state index contributed by atoms with van der Waals surface area (Å²) in [7, 11) is 1.35. The number of aryl methyl sites for hydroxylation is 1. The third-order valence-corrected chi connectivity index (χ3v) is 3.59. The van der Waals surface area contributed by atoms with E-state index in [-0.39, 0.29) is 18.3 Å². The first kappa shape index (κ1) is 15.1. The summed E-state index contributed by atoms with van der Waals surface area (Å²) < 4.78 is 4.63. The quantitative estimate of drug-likeness (QED) is 0.860. The lowest BCUT2D eigenvalue weighted by Gasteiger charge is -2.20. The summed E-state index contributed by atoms with van der Waals surface area (Å²) in [6, 6.07) is 7.72. The molecule has 1 heterocycles. The summed E-state index contributed by atoms with van der Waals surface area (Å²) in [5.41, 5.74) is 2.47. The SMILES string of the molecule is CCN(CCC(=O)OC)C(=O)c1c(C)[nH]c2ccccc12. The number of carbonyl (C=O) groups excluding carboxylic acids is 2. The Labute approximate surface area is 123 Å². The smallest absolute Gasteiger partial charge is 0.307 e. The second-order valence-electron chi connectivity index (χ2n) is 4.88. The van der Waals surface area contributed by atoms with Gasteiger partial charge in [-0.25, -0.2) is 0 Å². The Hall–Kier alpha value is -2.30. The molecule has 0 aliphatic rings. The Morgan fingerprint density at radius 3 is 2.67 bits per heavy atom. The fourth-order valence-corrected chi connectivity index (χ4v) is 2.44. The van der Waals surface area contributed by atoms with Crippen LogP contribution in [0.15, 0.2) is 24.3 Å². The van der Waals surface area contributed by atoms with Crippen LogP contribution in [0.25, 0.3) is 10.9 Å². The van der Waals surface area contributed by atoms with Gasteiger partial charge in [-0.1, -0.05) is 18.2 Å². The number of H-pyrrole nitrogens is 1. The normalized spacial score (nSPS) is 10.6. The topological polar surface area (TPSA) is 62.4 Å². The molecule has 1 aromatic heterocycles. The van der Waals surface area contributed by atoms with Crippen molar-refractivity contribution in [3.8, 4) is 0 Å². The standard InChI is InChI=1S/C16H20N2O3/c1-4-18(10-9-14(19)21-3)16(20)15-11(2)17-13-8-6-5-7-12(13)15/h5-8,17H,4,9-10H2,1-3H3. The maximum Gasteiger partial charge on any atom is 0.307 e. The van der Waals surface area contributed by atoms with Gasteiger partial charge in [0.25, 0.3) is 5.91 Å². The molecule has 0 aliphatic carbocycles. The van der Waals surface area contributed by atoms with Gasteiger partial charge < -0.3 is 14.6 Å². The van der Waals surface area contributed by atoms with Crippen molar-refractivity contribution < 1.29 is 14.3 Å². The molecule has 1 aromatic carbocycles. The molecule has 5 nitrogen and oxygen atoms in total. The number of esters is 1. The van der Waals surface area contributed by atoms with Crippen LogP contribution in [0.3, 0.4) is 0 Å². The number of hydrogen-bond acceptors (Lipinski definition) is 3. The fraction of sp³-hybridized carbons (Fsp3) is 0.375. The van der Waals surface area contributed by atoms with E-state index in [1.165, 1.54) is 7.11 Å². The van der Waals surface area contributed by atoms with Crippen molar-refractivity contribution in [3.05, 3.63) is 35.5 Å². The van der Waals surface area contributed by atoms with Crippen LogP contribution >= 0.6 is 0 Å². The highest BCUT2D eigenvalue weighted by molar-refractivity contribution is 6.08. The van der Waals surface area contributed by atoms with E-state index in [0.717, 1.165) is 16.6 Å². The average molecular weight is 288 g/mol. The third kappa shape index (κ3) is 3.07. The second-order valence-corrected chi connectivity index (χ2v) is 4.88. The van der Waals surface area contributed by atoms with E-state index < -0.39 is 0 Å². The van der Waals surface area contributed by atoms with Crippen LogP contribution < -0.4 is 0 Å². The molecule has 112 valence electrons. The van der Waals surface area contributed by atoms with E-state index >= 15 is 0 Å². The molecule has 0 spiro atoms. The number of benzene rings is 1. The van der Waals surface area contributed by atoms with Crippen molar-refractivity contribution in [1.82, 2.24) is 9.88 Å². The molecule has 0 unspecified atom stereocenters. The molecule has 0 aliphatic heterocycles. The number of hydrogen-bond donors (Lipinski definition) is 1. The van der Waals surface area contributed by atoms with Gasteiger partial charge in [0.1, 0.15) is 0 Å². The van der Waals surface area contributed by atoms with Gasteiger partial charge in [0, 0.05) is 29.7 Å². The minimum absolute atomic E-state index is 0.0589. The number of methoxy groups -OCH3 is 1. The van der Waals surface area contributed by atoms with Crippen LogP contribution in [0.5, 0.6) is 0 Å². The van der Waals surface area contributed by atoms with E-state index in [0.29, 0.717) is 18.7 Å². The molecule has 21 heavy (non-hydrogen) atoms. The van der Waals surface area contributed by atoms with Crippen molar-refractivity contribution in [1.29, 1.82) is 0 Å². The van der Waals surface area contributed by atoms with Crippen molar-refractivity contribution >= 4 is 22.8 Å².